The lowest BCUT2D eigenvalue weighted by Crippen LogP contribution is -2.14. The van der Waals surface area contributed by atoms with Gasteiger partial charge < -0.3 is 14.5 Å². The average molecular weight is 381 g/mol. The molecule has 0 atom stereocenters. The molecule has 0 bridgehead atoms. The van der Waals surface area contributed by atoms with E-state index in [2.05, 4.69) is 5.32 Å². The maximum Gasteiger partial charge on any atom is 0.234 e. The van der Waals surface area contributed by atoms with Crippen molar-refractivity contribution in [3.05, 3.63) is 66.5 Å². The second kappa shape index (κ2) is 7.32. The number of nitrogens with one attached hydrogen (secondary N) is 1. The maximum absolute atomic E-state index is 12.9. The molecule has 3 aromatic carbocycles. The van der Waals surface area contributed by atoms with E-state index in [0.29, 0.717) is 17.0 Å². The fourth-order valence-electron chi connectivity index (χ4n) is 2.88. The van der Waals surface area contributed by atoms with Crippen molar-refractivity contribution >= 4 is 45.3 Å². The highest BCUT2D eigenvalue weighted by Crippen LogP contribution is 2.36. The van der Waals surface area contributed by atoms with E-state index in [0.717, 1.165) is 21.3 Å². The summed E-state index contributed by atoms with van der Waals surface area (Å²) >= 11 is 1.33. The quantitative estimate of drug-likeness (QED) is 0.466. The first kappa shape index (κ1) is 17.4. The van der Waals surface area contributed by atoms with Crippen LogP contribution in [0.3, 0.4) is 0 Å². The summed E-state index contributed by atoms with van der Waals surface area (Å²) in [5, 5.41) is 4.79. The number of ether oxygens (including phenoxy) is 1. The molecular formula is C21H16FNO3S. The van der Waals surface area contributed by atoms with E-state index in [4.69, 9.17) is 9.15 Å². The Balaban J connectivity index is 1.56. The predicted molar refractivity (Wildman–Crippen MR) is 106 cm³/mol. The number of anilines is 1. The second-order valence-corrected chi connectivity index (χ2v) is 6.99. The first-order valence-electron chi connectivity index (χ1n) is 8.31. The number of furan rings is 1. The van der Waals surface area contributed by atoms with Gasteiger partial charge in [-0.3, -0.25) is 4.79 Å². The maximum atomic E-state index is 12.9. The second-order valence-electron chi connectivity index (χ2n) is 5.94. The summed E-state index contributed by atoms with van der Waals surface area (Å²) in [5.41, 5.74) is 2.01. The van der Waals surface area contributed by atoms with Crippen LogP contribution in [0.15, 0.2) is 70.0 Å². The summed E-state index contributed by atoms with van der Waals surface area (Å²) in [6.45, 7) is 0. The third-order valence-corrected chi connectivity index (χ3v) is 5.17. The van der Waals surface area contributed by atoms with Gasteiger partial charge in [-0.15, -0.1) is 11.8 Å². The topological polar surface area (TPSA) is 51.5 Å². The summed E-state index contributed by atoms with van der Waals surface area (Å²) in [5.74, 6) is 0.285. The molecule has 4 aromatic rings. The van der Waals surface area contributed by atoms with Crippen LogP contribution < -0.4 is 10.1 Å². The van der Waals surface area contributed by atoms with Gasteiger partial charge in [-0.1, -0.05) is 18.2 Å². The minimum Gasteiger partial charge on any atom is -0.495 e. The van der Waals surface area contributed by atoms with E-state index in [1.54, 1.807) is 25.3 Å². The SMILES string of the molecule is COc1cc2c(cc1NC(=O)CSc1ccc(F)cc1)oc1ccccc12. The lowest BCUT2D eigenvalue weighted by Gasteiger charge is -2.10. The fraction of sp³-hybridized carbons (Fsp3) is 0.0952. The van der Waals surface area contributed by atoms with Crippen molar-refractivity contribution in [3.8, 4) is 5.75 Å². The van der Waals surface area contributed by atoms with E-state index in [9.17, 15) is 9.18 Å². The average Bonchev–Trinajstić information content (AvgIpc) is 3.04. The van der Waals surface area contributed by atoms with E-state index in [1.165, 1.54) is 23.9 Å². The number of benzene rings is 3. The van der Waals surface area contributed by atoms with Gasteiger partial charge in [0.2, 0.25) is 5.91 Å². The van der Waals surface area contributed by atoms with Crippen LogP contribution in [0.2, 0.25) is 0 Å². The Kier molecular flexibility index (Phi) is 4.73. The molecule has 4 nitrogen and oxygen atoms in total. The van der Waals surface area contributed by atoms with Crippen LogP contribution >= 0.6 is 11.8 Å². The summed E-state index contributed by atoms with van der Waals surface area (Å²) in [6.07, 6.45) is 0. The molecule has 136 valence electrons. The standard InChI is InChI=1S/C21H16FNO3S/c1-25-20-10-16-15-4-2-3-5-18(15)26-19(16)11-17(20)23-21(24)12-27-14-8-6-13(22)7-9-14/h2-11H,12H2,1H3,(H,23,24). The van der Waals surface area contributed by atoms with Crippen LogP contribution in [0, 0.1) is 5.82 Å². The minimum atomic E-state index is -0.298. The van der Waals surface area contributed by atoms with Gasteiger partial charge in [0.1, 0.15) is 22.7 Å². The zero-order chi connectivity index (χ0) is 18.8. The molecule has 1 aromatic heterocycles. The Morgan fingerprint density at radius 2 is 1.85 bits per heavy atom. The molecule has 0 aliphatic carbocycles. The summed E-state index contributed by atoms with van der Waals surface area (Å²) in [7, 11) is 1.56. The van der Waals surface area contributed by atoms with Crippen LogP contribution in [-0.4, -0.2) is 18.8 Å². The van der Waals surface area contributed by atoms with Gasteiger partial charge in [-0.2, -0.15) is 0 Å². The molecule has 0 saturated carbocycles. The number of hydrogen-bond donors (Lipinski definition) is 1. The lowest BCUT2D eigenvalue weighted by atomic mass is 10.1. The van der Waals surface area contributed by atoms with Gasteiger partial charge in [0.05, 0.1) is 18.6 Å². The van der Waals surface area contributed by atoms with E-state index in [-0.39, 0.29) is 17.5 Å². The van der Waals surface area contributed by atoms with Crippen LogP contribution in [0.25, 0.3) is 21.9 Å². The van der Waals surface area contributed by atoms with Crippen molar-refractivity contribution in [2.75, 3.05) is 18.2 Å². The fourth-order valence-corrected chi connectivity index (χ4v) is 3.58. The predicted octanol–water partition coefficient (Wildman–Crippen LogP) is 5.46. The highest BCUT2D eigenvalue weighted by molar-refractivity contribution is 8.00. The molecule has 0 radical (unpaired) electrons. The molecule has 0 unspecified atom stereocenters. The van der Waals surface area contributed by atoms with Gasteiger partial charge >= 0.3 is 0 Å². The number of fused-ring (bicyclic) bond motifs is 3. The minimum absolute atomic E-state index is 0.182. The van der Waals surface area contributed by atoms with Crippen molar-refractivity contribution in [2.24, 2.45) is 0 Å². The van der Waals surface area contributed by atoms with Gasteiger partial charge in [0.25, 0.3) is 0 Å². The van der Waals surface area contributed by atoms with Gasteiger partial charge in [0.15, 0.2) is 0 Å². The van der Waals surface area contributed by atoms with Crippen LogP contribution in [0.5, 0.6) is 5.75 Å². The molecule has 4 rings (SSSR count). The van der Waals surface area contributed by atoms with Crippen molar-refractivity contribution < 1.29 is 18.3 Å². The summed E-state index contributed by atoms with van der Waals surface area (Å²) < 4.78 is 24.3. The number of carbonyl (C=O) groups excluding carboxylic acids is 1. The number of carbonyl (C=O) groups is 1. The first-order valence-corrected chi connectivity index (χ1v) is 9.30. The summed E-state index contributed by atoms with van der Waals surface area (Å²) in [4.78, 5) is 13.2. The molecule has 0 aliphatic rings. The molecule has 1 heterocycles. The van der Waals surface area contributed by atoms with Gasteiger partial charge in [-0.25, -0.2) is 4.39 Å². The number of thioether (sulfide) groups is 1. The Bertz CT molecular complexity index is 1120. The molecule has 27 heavy (non-hydrogen) atoms. The first-order chi connectivity index (χ1) is 13.1. The van der Waals surface area contributed by atoms with Crippen molar-refractivity contribution in [3.63, 3.8) is 0 Å². The van der Waals surface area contributed by atoms with Crippen LogP contribution in [0.1, 0.15) is 0 Å². The van der Waals surface area contributed by atoms with E-state index in [1.807, 2.05) is 30.3 Å². The highest BCUT2D eigenvalue weighted by Gasteiger charge is 2.14. The largest absolute Gasteiger partial charge is 0.495 e. The molecule has 0 fully saturated rings. The molecule has 1 N–H and O–H groups in total. The van der Waals surface area contributed by atoms with Gasteiger partial charge in [0, 0.05) is 21.7 Å². The van der Waals surface area contributed by atoms with Gasteiger partial charge in [-0.05, 0) is 36.4 Å². The smallest absolute Gasteiger partial charge is 0.234 e. The third-order valence-electron chi connectivity index (χ3n) is 4.16. The number of methoxy groups -OCH3 is 1. The van der Waals surface area contributed by atoms with Crippen molar-refractivity contribution in [1.29, 1.82) is 0 Å². The van der Waals surface area contributed by atoms with Crippen molar-refractivity contribution in [1.82, 2.24) is 0 Å². The Labute approximate surface area is 159 Å². The molecular weight excluding hydrogens is 365 g/mol. The number of hydrogen-bond acceptors (Lipinski definition) is 4. The zero-order valence-corrected chi connectivity index (χ0v) is 15.3. The molecule has 1 amide bonds. The number of halogens is 1. The molecule has 0 saturated heterocycles. The number of amides is 1. The molecule has 0 spiro atoms. The Morgan fingerprint density at radius 1 is 1.07 bits per heavy atom. The van der Waals surface area contributed by atoms with Crippen molar-refractivity contribution in [2.45, 2.75) is 4.90 Å². The highest BCUT2D eigenvalue weighted by atomic mass is 32.2. The third kappa shape index (κ3) is 3.61. The van der Waals surface area contributed by atoms with E-state index >= 15 is 0 Å². The van der Waals surface area contributed by atoms with E-state index < -0.39 is 0 Å². The normalized spacial score (nSPS) is 11.0. The monoisotopic (exact) mass is 381 g/mol. The Morgan fingerprint density at radius 3 is 2.63 bits per heavy atom. The molecule has 6 heteroatoms. The molecule has 0 aliphatic heterocycles. The zero-order valence-electron chi connectivity index (χ0n) is 14.5. The number of rotatable bonds is 5. The summed E-state index contributed by atoms with van der Waals surface area (Å²) in [6, 6.07) is 17.4. The lowest BCUT2D eigenvalue weighted by molar-refractivity contribution is -0.113. The van der Waals surface area contributed by atoms with Crippen LogP contribution in [0.4, 0.5) is 10.1 Å². The Hall–Kier alpha value is -2.99. The van der Waals surface area contributed by atoms with Crippen LogP contribution in [-0.2, 0) is 4.79 Å². The number of para-hydroxylation sites is 1.